The van der Waals surface area contributed by atoms with Crippen molar-refractivity contribution in [3.63, 3.8) is 0 Å². The lowest BCUT2D eigenvalue weighted by Gasteiger charge is -2.20. The summed E-state index contributed by atoms with van der Waals surface area (Å²) in [5.74, 6) is -0.181. The Kier molecular flexibility index (Phi) is 7.07. The molecule has 0 unspecified atom stereocenters. The van der Waals surface area contributed by atoms with Gasteiger partial charge in [0.2, 0.25) is 5.91 Å². The van der Waals surface area contributed by atoms with Gasteiger partial charge in [0.25, 0.3) is 0 Å². The van der Waals surface area contributed by atoms with Gasteiger partial charge in [0.1, 0.15) is 0 Å². The van der Waals surface area contributed by atoms with Gasteiger partial charge >= 0.3 is 5.97 Å². The van der Waals surface area contributed by atoms with Crippen LogP contribution in [0.4, 0.5) is 0 Å². The van der Waals surface area contributed by atoms with Crippen molar-refractivity contribution in [2.45, 2.75) is 45.1 Å². The summed E-state index contributed by atoms with van der Waals surface area (Å²) < 4.78 is 0. The van der Waals surface area contributed by atoms with Gasteiger partial charge in [0.15, 0.2) is 0 Å². The third-order valence-electron chi connectivity index (χ3n) is 4.35. The van der Waals surface area contributed by atoms with E-state index in [2.05, 4.69) is 10.6 Å². The number of carboxylic acid groups (broad SMARTS) is 1. The largest absolute Gasteiger partial charge is 0.478 e. The molecule has 0 atom stereocenters. The van der Waals surface area contributed by atoms with Crippen LogP contribution in [0.25, 0.3) is 0 Å². The minimum absolute atomic E-state index is 0.157. The van der Waals surface area contributed by atoms with Crippen LogP contribution in [0.15, 0.2) is 24.3 Å². The summed E-state index contributed by atoms with van der Waals surface area (Å²) in [4.78, 5) is 22.6. The zero-order valence-electron chi connectivity index (χ0n) is 13.5. The molecule has 0 aromatic heterocycles. The Hall–Kier alpha value is -1.88. The zero-order chi connectivity index (χ0) is 16.5. The molecule has 3 N–H and O–H groups in total. The molecule has 1 fully saturated rings. The summed E-state index contributed by atoms with van der Waals surface area (Å²) in [6.07, 6.45) is 6.89. The second-order valence-electron chi connectivity index (χ2n) is 6.24. The lowest BCUT2D eigenvalue weighted by molar-refractivity contribution is -0.122. The maximum atomic E-state index is 11.9. The number of hydrogen-bond acceptors (Lipinski definition) is 3. The van der Waals surface area contributed by atoms with E-state index in [9.17, 15) is 9.59 Å². The first-order valence-electron chi connectivity index (χ1n) is 8.45. The van der Waals surface area contributed by atoms with Crippen LogP contribution in [0.3, 0.4) is 0 Å². The molecule has 1 amide bonds. The number of benzene rings is 1. The minimum atomic E-state index is -0.912. The highest BCUT2D eigenvalue weighted by atomic mass is 16.4. The quantitative estimate of drug-likeness (QED) is 0.644. The number of hydrogen-bond donors (Lipinski definition) is 3. The van der Waals surface area contributed by atoms with E-state index in [0.29, 0.717) is 37.5 Å². The number of nitrogens with one attached hydrogen (secondary N) is 2. The maximum Gasteiger partial charge on any atom is 0.335 e. The van der Waals surface area contributed by atoms with E-state index in [1.54, 1.807) is 24.3 Å². The second-order valence-corrected chi connectivity index (χ2v) is 6.24. The van der Waals surface area contributed by atoms with E-state index in [1.165, 1.54) is 32.1 Å². The zero-order valence-corrected chi connectivity index (χ0v) is 13.5. The monoisotopic (exact) mass is 318 g/mol. The molecule has 0 spiro atoms. The average Bonchev–Trinajstić information content (AvgIpc) is 2.56. The van der Waals surface area contributed by atoms with Crippen LogP contribution in [-0.2, 0) is 11.3 Å². The van der Waals surface area contributed by atoms with E-state index in [4.69, 9.17) is 5.11 Å². The molecule has 0 aliphatic heterocycles. The van der Waals surface area contributed by atoms with Gasteiger partial charge < -0.3 is 15.7 Å². The Morgan fingerprint density at radius 1 is 1.04 bits per heavy atom. The molecular weight excluding hydrogens is 292 g/mol. The first kappa shape index (κ1) is 17.5. The van der Waals surface area contributed by atoms with Gasteiger partial charge in [0.05, 0.1) is 5.56 Å². The molecule has 5 heteroatoms. The number of amides is 1. The first-order valence-corrected chi connectivity index (χ1v) is 8.45. The van der Waals surface area contributed by atoms with Crippen molar-refractivity contribution >= 4 is 11.9 Å². The molecule has 23 heavy (non-hydrogen) atoms. The van der Waals surface area contributed by atoms with Gasteiger partial charge in [-0.15, -0.1) is 0 Å². The lowest BCUT2D eigenvalue weighted by atomic mass is 9.87. The minimum Gasteiger partial charge on any atom is -0.478 e. The van der Waals surface area contributed by atoms with Crippen LogP contribution in [0.1, 0.15) is 54.4 Å². The highest BCUT2D eigenvalue weighted by Crippen LogP contribution is 2.25. The summed E-state index contributed by atoms with van der Waals surface area (Å²) in [5.41, 5.74) is 1.33. The van der Waals surface area contributed by atoms with Crippen molar-refractivity contribution in [3.05, 3.63) is 35.4 Å². The first-order chi connectivity index (χ1) is 11.1. The van der Waals surface area contributed by atoms with Crippen molar-refractivity contribution < 1.29 is 14.7 Å². The summed E-state index contributed by atoms with van der Waals surface area (Å²) in [6, 6.07) is 6.81. The Morgan fingerprint density at radius 2 is 1.74 bits per heavy atom. The van der Waals surface area contributed by atoms with E-state index in [0.717, 1.165) is 5.56 Å². The van der Waals surface area contributed by atoms with E-state index in [-0.39, 0.29) is 5.91 Å². The third-order valence-corrected chi connectivity index (χ3v) is 4.35. The Morgan fingerprint density at radius 3 is 2.39 bits per heavy atom. The topological polar surface area (TPSA) is 78.4 Å². The Labute approximate surface area is 137 Å². The van der Waals surface area contributed by atoms with Gasteiger partial charge in [-0.1, -0.05) is 31.4 Å². The third kappa shape index (κ3) is 6.40. The molecule has 1 aromatic rings. The molecule has 5 nitrogen and oxygen atoms in total. The Bertz CT molecular complexity index is 508. The number of carbonyl (C=O) groups excluding carboxylic acids is 1. The molecule has 0 bridgehead atoms. The number of carboxylic acids is 1. The molecule has 0 saturated heterocycles. The van der Waals surface area contributed by atoms with Crippen LogP contribution < -0.4 is 10.6 Å². The number of carbonyl (C=O) groups is 2. The van der Waals surface area contributed by atoms with Gasteiger partial charge in [-0.2, -0.15) is 0 Å². The van der Waals surface area contributed by atoms with Gasteiger partial charge in [-0.25, -0.2) is 4.79 Å². The molecule has 0 heterocycles. The summed E-state index contributed by atoms with van der Waals surface area (Å²) >= 11 is 0. The van der Waals surface area contributed by atoms with E-state index in [1.807, 2.05) is 0 Å². The number of rotatable bonds is 8. The SMILES string of the molecule is O=C(CC1CCCCC1)NCCNCc1ccc(C(=O)O)cc1. The van der Waals surface area contributed by atoms with Crippen molar-refractivity contribution in [1.29, 1.82) is 0 Å². The van der Waals surface area contributed by atoms with Crippen molar-refractivity contribution in [2.24, 2.45) is 5.92 Å². The molecular formula is C18H26N2O3. The fourth-order valence-electron chi connectivity index (χ4n) is 3.01. The van der Waals surface area contributed by atoms with E-state index < -0.39 is 5.97 Å². The predicted octanol–water partition coefficient (Wildman–Crippen LogP) is 2.56. The molecule has 1 aliphatic rings. The van der Waals surface area contributed by atoms with Crippen molar-refractivity contribution in [1.82, 2.24) is 10.6 Å². The predicted molar refractivity (Wildman–Crippen MR) is 89.3 cm³/mol. The van der Waals surface area contributed by atoms with Gasteiger partial charge in [-0.05, 0) is 36.5 Å². The summed E-state index contributed by atoms with van der Waals surface area (Å²) in [6.45, 7) is 1.99. The molecule has 126 valence electrons. The molecule has 0 radical (unpaired) electrons. The second kappa shape index (κ2) is 9.30. The fourth-order valence-corrected chi connectivity index (χ4v) is 3.01. The van der Waals surface area contributed by atoms with Crippen LogP contribution in [0.5, 0.6) is 0 Å². The number of aromatic carboxylic acids is 1. The standard InChI is InChI=1S/C18H26N2O3/c21-17(12-14-4-2-1-3-5-14)20-11-10-19-13-15-6-8-16(9-7-15)18(22)23/h6-9,14,19H,1-5,10-13H2,(H,20,21)(H,22,23). The van der Waals surface area contributed by atoms with Crippen LogP contribution in [-0.4, -0.2) is 30.1 Å². The highest BCUT2D eigenvalue weighted by molar-refractivity contribution is 5.87. The van der Waals surface area contributed by atoms with Crippen molar-refractivity contribution in [2.75, 3.05) is 13.1 Å². The van der Waals surface area contributed by atoms with Crippen LogP contribution >= 0.6 is 0 Å². The van der Waals surface area contributed by atoms with Crippen LogP contribution in [0, 0.1) is 5.92 Å². The summed E-state index contributed by atoms with van der Waals surface area (Å²) in [7, 11) is 0. The van der Waals surface area contributed by atoms with Crippen molar-refractivity contribution in [3.8, 4) is 0 Å². The smallest absolute Gasteiger partial charge is 0.335 e. The van der Waals surface area contributed by atoms with Crippen LogP contribution in [0.2, 0.25) is 0 Å². The molecule has 1 aliphatic carbocycles. The van der Waals surface area contributed by atoms with E-state index >= 15 is 0 Å². The average molecular weight is 318 g/mol. The summed E-state index contributed by atoms with van der Waals surface area (Å²) in [5, 5.41) is 15.0. The fraction of sp³-hybridized carbons (Fsp3) is 0.556. The molecule has 1 saturated carbocycles. The molecule has 1 aromatic carbocycles. The maximum absolute atomic E-state index is 11.9. The Balaban J connectivity index is 1.56. The van der Waals surface area contributed by atoms with Gasteiger partial charge in [0, 0.05) is 26.1 Å². The highest BCUT2D eigenvalue weighted by Gasteiger charge is 2.16. The molecule has 2 rings (SSSR count). The normalized spacial score (nSPS) is 15.3. The lowest BCUT2D eigenvalue weighted by Crippen LogP contribution is -2.32. The van der Waals surface area contributed by atoms with Gasteiger partial charge in [-0.3, -0.25) is 4.79 Å².